The molecule has 1 aromatic carbocycles. The van der Waals surface area contributed by atoms with Gasteiger partial charge in [-0.25, -0.2) is 9.97 Å². The van der Waals surface area contributed by atoms with Crippen molar-refractivity contribution >= 4 is 5.91 Å². The van der Waals surface area contributed by atoms with Crippen LogP contribution in [0.1, 0.15) is 24.0 Å². The summed E-state index contributed by atoms with van der Waals surface area (Å²) in [6, 6.07) is 6.98. The van der Waals surface area contributed by atoms with Crippen LogP contribution in [-0.4, -0.2) is 40.5 Å². The molecule has 1 amide bonds. The molecule has 1 aliphatic rings. The van der Waals surface area contributed by atoms with Gasteiger partial charge in [0.05, 0.1) is 18.6 Å². The maximum atomic E-state index is 12.8. The number of alkyl halides is 3. The number of carbonyl (C=O) groups is 1. The molecule has 0 spiro atoms. The van der Waals surface area contributed by atoms with E-state index in [2.05, 4.69) is 9.97 Å². The van der Waals surface area contributed by atoms with Crippen molar-refractivity contribution in [3.8, 4) is 6.01 Å². The lowest BCUT2D eigenvalue weighted by atomic mass is 9.97. The molecule has 1 aromatic heterocycles. The summed E-state index contributed by atoms with van der Waals surface area (Å²) in [5.41, 5.74) is -0.353. The zero-order valence-electron chi connectivity index (χ0n) is 14.7. The van der Waals surface area contributed by atoms with Crippen LogP contribution in [0.4, 0.5) is 13.2 Å². The van der Waals surface area contributed by atoms with Gasteiger partial charge in [-0.2, -0.15) is 13.2 Å². The van der Waals surface area contributed by atoms with Gasteiger partial charge in [-0.3, -0.25) is 4.79 Å². The van der Waals surface area contributed by atoms with Crippen molar-refractivity contribution in [2.75, 3.05) is 19.7 Å². The van der Waals surface area contributed by atoms with Crippen molar-refractivity contribution in [2.24, 2.45) is 5.92 Å². The molecule has 1 fully saturated rings. The number of amides is 1. The molecule has 0 aliphatic carbocycles. The molecular formula is C19H20F3N3O2. The minimum atomic E-state index is -4.40. The summed E-state index contributed by atoms with van der Waals surface area (Å²) < 4.78 is 43.9. The average molecular weight is 379 g/mol. The normalized spacial score (nSPS) is 15.6. The second-order valence-electron chi connectivity index (χ2n) is 6.54. The van der Waals surface area contributed by atoms with E-state index in [0.717, 1.165) is 25.0 Å². The first-order valence-electron chi connectivity index (χ1n) is 8.75. The van der Waals surface area contributed by atoms with Crippen molar-refractivity contribution in [3.05, 3.63) is 53.9 Å². The molecule has 1 aliphatic heterocycles. The standard InChI is InChI=1S/C19H20F3N3O2/c20-19(21,22)16-4-1-3-15(11-16)12-17(26)25-9-5-14(6-10-25)13-27-18-23-7-2-8-24-18/h1-4,7-8,11,14H,5-6,9-10,12-13H2. The monoisotopic (exact) mass is 379 g/mol. The van der Waals surface area contributed by atoms with Crippen molar-refractivity contribution in [2.45, 2.75) is 25.4 Å². The van der Waals surface area contributed by atoms with Gasteiger partial charge in [0.1, 0.15) is 0 Å². The number of carbonyl (C=O) groups excluding carboxylic acids is 1. The fraction of sp³-hybridized carbons (Fsp3) is 0.421. The summed E-state index contributed by atoms with van der Waals surface area (Å²) in [5, 5.41) is 0. The molecular weight excluding hydrogens is 359 g/mol. The molecule has 8 heteroatoms. The highest BCUT2D eigenvalue weighted by Gasteiger charge is 2.30. The zero-order valence-corrected chi connectivity index (χ0v) is 14.7. The Bertz CT molecular complexity index is 760. The summed E-state index contributed by atoms with van der Waals surface area (Å²) in [4.78, 5) is 22.1. The van der Waals surface area contributed by atoms with Gasteiger partial charge in [-0.05, 0) is 36.5 Å². The summed E-state index contributed by atoms with van der Waals surface area (Å²) in [6.45, 7) is 1.63. The van der Waals surface area contributed by atoms with Crippen LogP contribution < -0.4 is 4.74 Å². The van der Waals surface area contributed by atoms with Crippen molar-refractivity contribution < 1.29 is 22.7 Å². The predicted molar refractivity (Wildman–Crippen MR) is 92.0 cm³/mol. The van der Waals surface area contributed by atoms with Crippen LogP contribution >= 0.6 is 0 Å². The topological polar surface area (TPSA) is 55.3 Å². The van der Waals surface area contributed by atoms with Crippen molar-refractivity contribution in [3.63, 3.8) is 0 Å². The van der Waals surface area contributed by atoms with E-state index >= 15 is 0 Å². The van der Waals surface area contributed by atoms with E-state index in [9.17, 15) is 18.0 Å². The highest BCUT2D eigenvalue weighted by atomic mass is 19.4. The molecule has 0 N–H and O–H groups in total. The largest absolute Gasteiger partial charge is 0.463 e. The number of hydrogen-bond acceptors (Lipinski definition) is 4. The molecule has 0 unspecified atom stereocenters. The average Bonchev–Trinajstić information content (AvgIpc) is 2.67. The third-order valence-electron chi connectivity index (χ3n) is 4.57. The van der Waals surface area contributed by atoms with E-state index in [1.54, 1.807) is 29.4 Å². The molecule has 5 nitrogen and oxygen atoms in total. The molecule has 0 saturated carbocycles. The maximum absolute atomic E-state index is 12.8. The number of aromatic nitrogens is 2. The van der Waals surface area contributed by atoms with Crippen LogP contribution in [0.5, 0.6) is 6.01 Å². The Morgan fingerprint density at radius 1 is 1.15 bits per heavy atom. The Balaban J connectivity index is 1.47. The van der Waals surface area contributed by atoms with E-state index < -0.39 is 11.7 Å². The van der Waals surface area contributed by atoms with Crippen LogP contribution in [0.2, 0.25) is 0 Å². The van der Waals surface area contributed by atoms with Gasteiger partial charge in [-0.1, -0.05) is 18.2 Å². The first kappa shape index (κ1) is 19.1. The molecule has 1 saturated heterocycles. The molecule has 0 radical (unpaired) electrons. The highest BCUT2D eigenvalue weighted by Crippen LogP contribution is 2.29. The Hall–Kier alpha value is -2.64. The summed E-state index contributed by atoms with van der Waals surface area (Å²) in [5.74, 6) is 0.145. The van der Waals surface area contributed by atoms with E-state index in [1.165, 1.54) is 6.07 Å². The van der Waals surface area contributed by atoms with Crippen molar-refractivity contribution in [1.82, 2.24) is 14.9 Å². The van der Waals surface area contributed by atoms with Gasteiger partial charge >= 0.3 is 12.2 Å². The highest BCUT2D eigenvalue weighted by molar-refractivity contribution is 5.78. The van der Waals surface area contributed by atoms with Crippen LogP contribution in [0.25, 0.3) is 0 Å². The molecule has 0 atom stereocenters. The van der Waals surface area contributed by atoms with E-state index in [-0.39, 0.29) is 12.3 Å². The van der Waals surface area contributed by atoms with E-state index in [0.29, 0.717) is 37.2 Å². The summed E-state index contributed by atoms with van der Waals surface area (Å²) in [7, 11) is 0. The Morgan fingerprint density at radius 3 is 2.52 bits per heavy atom. The van der Waals surface area contributed by atoms with Crippen LogP contribution in [0.15, 0.2) is 42.7 Å². The Labute approximate surface area is 155 Å². The van der Waals surface area contributed by atoms with Gasteiger partial charge < -0.3 is 9.64 Å². The molecule has 144 valence electrons. The first-order valence-corrected chi connectivity index (χ1v) is 8.75. The summed E-state index contributed by atoms with van der Waals surface area (Å²) in [6.07, 6.45) is 0.347. The van der Waals surface area contributed by atoms with Crippen LogP contribution in [0, 0.1) is 5.92 Å². The number of benzene rings is 1. The fourth-order valence-electron chi connectivity index (χ4n) is 3.05. The summed E-state index contributed by atoms with van der Waals surface area (Å²) >= 11 is 0. The lowest BCUT2D eigenvalue weighted by Crippen LogP contribution is -2.40. The molecule has 0 bridgehead atoms. The number of ether oxygens (including phenoxy) is 1. The predicted octanol–water partition coefficient (Wildman–Crippen LogP) is 3.36. The number of rotatable bonds is 5. The molecule has 2 heterocycles. The fourth-order valence-corrected chi connectivity index (χ4v) is 3.05. The zero-order chi connectivity index (χ0) is 19.3. The SMILES string of the molecule is O=C(Cc1cccc(C(F)(F)F)c1)N1CCC(COc2ncccn2)CC1. The van der Waals surface area contributed by atoms with Gasteiger partial charge in [-0.15, -0.1) is 0 Å². The maximum Gasteiger partial charge on any atom is 0.416 e. The minimum Gasteiger partial charge on any atom is -0.463 e. The molecule has 3 rings (SSSR count). The lowest BCUT2D eigenvalue weighted by molar-refractivity contribution is -0.138. The third-order valence-corrected chi connectivity index (χ3v) is 4.57. The van der Waals surface area contributed by atoms with Gasteiger partial charge in [0.2, 0.25) is 5.91 Å². The lowest BCUT2D eigenvalue weighted by Gasteiger charge is -2.31. The number of nitrogens with zero attached hydrogens (tertiary/aromatic N) is 3. The van der Waals surface area contributed by atoms with Gasteiger partial charge in [0.25, 0.3) is 0 Å². The third kappa shape index (κ3) is 5.42. The van der Waals surface area contributed by atoms with E-state index in [4.69, 9.17) is 4.74 Å². The molecule has 27 heavy (non-hydrogen) atoms. The Morgan fingerprint density at radius 2 is 1.85 bits per heavy atom. The number of halogens is 3. The number of likely N-dealkylation sites (tertiary alicyclic amines) is 1. The van der Waals surface area contributed by atoms with Gasteiger partial charge in [0.15, 0.2) is 0 Å². The first-order chi connectivity index (χ1) is 12.9. The quantitative estimate of drug-likeness (QED) is 0.800. The van der Waals surface area contributed by atoms with Gasteiger partial charge in [0, 0.05) is 25.5 Å². The smallest absolute Gasteiger partial charge is 0.416 e. The number of hydrogen-bond donors (Lipinski definition) is 0. The van der Waals surface area contributed by atoms with Crippen LogP contribution in [0.3, 0.4) is 0 Å². The van der Waals surface area contributed by atoms with Crippen LogP contribution in [-0.2, 0) is 17.4 Å². The second kappa shape index (κ2) is 8.37. The van der Waals surface area contributed by atoms with E-state index in [1.807, 2.05) is 0 Å². The minimum absolute atomic E-state index is 0.0249. The van der Waals surface area contributed by atoms with Crippen molar-refractivity contribution in [1.29, 1.82) is 0 Å². The molecule has 2 aromatic rings. The second-order valence-corrected chi connectivity index (χ2v) is 6.54. The Kier molecular flexibility index (Phi) is 5.93. The number of piperidine rings is 1.